The molecule has 0 radical (unpaired) electrons. The van der Waals surface area contributed by atoms with Crippen LogP contribution < -0.4 is 0 Å². The minimum Gasteiger partial charge on any atom is -0.462 e. The van der Waals surface area contributed by atoms with Crippen LogP contribution in [0.5, 0.6) is 0 Å². The quantitative estimate of drug-likeness (QED) is 0.00841. The van der Waals surface area contributed by atoms with Crippen molar-refractivity contribution < 1.29 is 83.0 Å². The highest BCUT2D eigenvalue weighted by atomic mass is 31.2. The van der Waals surface area contributed by atoms with Crippen molar-refractivity contribution in [3.63, 3.8) is 0 Å². The second-order valence-electron chi connectivity index (χ2n) is 17.4. The fourth-order valence-electron chi connectivity index (χ4n) is 8.20. The monoisotopic (exact) mass is 947 g/mol. The van der Waals surface area contributed by atoms with E-state index < -0.39 is 81.8 Å². The second-order valence-corrected chi connectivity index (χ2v) is 18.8. The number of rotatable bonds is 35. The number of unbranched alkanes of at least 4 members (excludes halogenated alkanes) is 12. The largest absolute Gasteiger partial charge is 0.472 e. The third-order valence-corrected chi connectivity index (χ3v) is 13.1. The SMILES string of the molecule is CC/C=C\CC(/C=C/C1C2CC(OO2)C1C/C=C\CCCC(=O)OC(COC(=O)CCCCCCC/C=C\CCCCCCCC)COP(=O)(O)OC1C(O)C(O)C(O)C(O)C1O)OO. The Bertz CT molecular complexity index is 1470. The minimum atomic E-state index is -5.18. The Balaban J connectivity index is 1.44. The molecule has 1 saturated heterocycles. The van der Waals surface area contributed by atoms with Gasteiger partial charge in [0, 0.05) is 31.1 Å². The third kappa shape index (κ3) is 21.7. The van der Waals surface area contributed by atoms with E-state index in [4.69, 9.17) is 28.3 Å². The van der Waals surface area contributed by atoms with Gasteiger partial charge < -0.3 is 39.9 Å². The summed E-state index contributed by atoms with van der Waals surface area (Å²) in [6.07, 6.45) is 20.5. The molecule has 1 aliphatic heterocycles. The highest BCUT2D eigenvalue weighted by molar-refractivity contribution is 7.47. The lowest BCUT2D eigenvalue weighted by Gasteiger charge is -2.41. The number of hydrogen-bond donors (Lipinski definition) is 7. The van der Waals surface area contributed by atoms with Crippen molar-refractivity contribution in [2.45, 2.75) is 210 Å². The Morgan fingerprint density at radius 1 is 0.692 bits per heavy atom. The lowest BCUT2D eigenvalue weighted by molar-refractivity contribution is -0.336. The number of esters is 2. The molecule has 11 atom stereocenters. The first-order chi connectivity index (χ1) is 31.3. The molecule has 3 aliphatic rings. The maximum atomic E-state index is 12.9. The van der Waals surface area contributed by atoms with Crippen molar-refractivity contribution in [2.24, 2.45) is 11.8 Å². The molecule has 3 fully saturated rings. The first-order valence-electron chi connectivity index (χ1n) is 24.0. The van der Waals surface area contributed by atoms with E-state index in [1.54, 1.807) is 0 Å². The van der Waals surface area contributed by atoms with E-state index in [2.05, 4.69) is 24.0 Å². The zero-order valence-electron chi connectivity index (χ0n) is 38.5. The summed E-state index contributed by atoms with van der Waals surface area (Å²) in [6.45, 7) is 2.96. The molecule has 3 rings (SSSR count). The molecular weight excluding hydrogens is 867 g/mol. The number of phosphoric ester groups is 1. The first kappa shape index (κ1) is 57.0. The minimum absolute atomic E-state index is 0.0407. The summed E-state index contributed by atoms with van der Waals surface area (Å²) in [5, 5.41) is 59.7. The number of carbonyl (C=O) groups is 2. The van der Waals surface area contributed by atoms with Gasteiger partial charge in [0.1, 0.15) is 55.4 Å². The number of aliphatic hydroxyl groups excluding tert-OH is 5. The maximum Gasteiger partial charge on any atom is 0.472 e. The third-order valence-electron chi connectivity index (χ3n) is 12.1. The average Bonchev–Trinajstić information content (AvgIpc) is 3.90. The summed E-state index contributed by atoms with van der Waals surface area (Å²) in [6, 6.07) is 0. The molecular formula is C47H79O17P. The van der Waals surface area contributed by atoms with Gasteiger partial charge in [-0.3, -0.25) is 23.9 Å². The van der Waals surface area contributed by atoms with Gasteiger partial charge >= 0.3 is 19.8 Å². The van der Waals surface area contributed by atoms with Crippen molar-refractivity contribution in [1.29, 1.82) is 0 Å². The van der Waals surface area contributed by atoms with Crippen LogP contribution in [0.3, 0.4) is 0 Å². The predicted molar refractivity (Wildman–Crippen MR) is 241 cm³/mol. The lowest BCUT2D eigenvalue weighted by Crippen LogP contribution is -2.64. The maximum absolute atomic E-state index is 12.9. The molecule has 0 aromatic carbocycles. The average molecular weight is 947 g/mol. The normalized spacial score (nSPS) is 28.8. The van der Waals surface area contributed by atoms with E-state index in [0.29, 0.717) is 32.1 Å². The number of ether oxygens (including phenoxy) is 2. The van der Waals surface area contributed by atoms with E-state index in [1.807, 2.05) is 43.4 Å². The van der Waals surface area contributed by atoms with Crippen LogP contribution in [0.25, 0.3) is 0 Å². The van der Waals surface area contributed by atoms with Crippen molar-refractivity contribution in [2.75, 3.05) is 13.2 Å². The zero-order valence-corrected chi connectivity index (χ0v) is 39.4. The van der Waals surface area contributed by atoms with Crippen LogP contribution in [-0.2, 0) is 47.3 Å². The predicted octanol–water partition coefficient (Wildman–Crippen LogP) is 7.02. The standard InChI is InChI=1S/C47H79O17P/c1-3-5-7-8-9-10-11-12-13-14-15-16-17-18-23-27-40(48)58-32-35(33-59-65(56,57)64-47-45(53)43(51)42(50)44(52)46(47)54)60-41(49)28-24-20-19-22-26-36-37(39-31-38(36)62-63-39)30-29-34(61-55)25-21-6-4-2/h6,12-13,19,21-22,29-30,34-39,42-47,50-55H,3-5,7-11,14-18,20,23-28,31-33H2,1-2H3,(H,56,57)/b13-12-,21-6-,22-19-,30-29+. The molecule has 2 saturated carbocycles. The smallest absolute Gasteiger partial charge is 0.462 e. The van der Waals surface area contributed by atoms with Crippen LogP contribution in [0.15, 0.2) is 48.6 Å². The topological polar surface area (TPSA) is 257 Å². The first-order valence-corrected chi connectivity index (χ1v) is 25.5. The van der Waals surface area contributed by atoms with Crippen LogP contribution in [0.2, 0.25) is 0 Å². The molecule has 0 aromatic rings. The van der Waals surface area contributed by atoms with Crippen LogP contribution in [0, 0.1) is 11.8 Å². The summed E-state index contributed by atoms with van der Waals surface area (Å²) in [5.74, 6) is -1.02. The fraction of sp³-hybridized carbons (Fsp3) is 0.787. The van der Waals surface area contributed by atoms with Crippen LogP contribution >= 0.6 is 7.82 Å². The van der Waals surface area contributed by atoms with E-state index in [0.717, 1.165) is 51.4 Å². The van der Waals surface area contributed by atoms with Gasteiger partial charge in [-0.15, -0.1) is 0 Å². The van der Waals surface area contributed by atoms with Crippen LogP contribution in [0.1, 0.15) is 149 Å². The zero-order chi connectivity index (χ0) is 47.5. The Morgan fingerprint density at radius 2 is 1.28 bits per heavy atom. The van der Waals surface area contributed by atoms with Gasteiger partial charge in [-0.2, -0.15) is 0 Å². The summed E-state index contributed by atoms with van der Waals surface area (Å²) in [5.41, 5.74) is 0. The van der Waals surface area contributed by atoms with Gasteiger partial charge in [-0.05, 0) is 64.2 Å². The Morgan fingerprint density at radius 3 is 1.94 bits per heavy atom. The molecule has 11 unspecified atom stereocenters. The number of fused-ring (bicyclic) bond motifs is 2. The summed E-state index contributed by atoms with van der Waals surface area (Å²) < 4.78 is 33.6. The van der Waals surface area contributed by atoms with Crippen molar-refractivity contribution >= 4 is 19.8 Å². The van der Waals surface area contributed by atoms with E-state index in [9.17, 15) is 49.8 Å². The Hall–Kier alpha value is -2.35. The van der Waals surface area contributed by atoms with E-state index in [-0.39, 0.29) is 36.9 Å². The van der Waals surface area contributed by atoms with E-state index in [1.165, 1.54) is 38.5 Å². The molecule has 65 heavy (non-hydrogen) atoms. The van der Waals surface area contributed by atoms with Gasteiger partial charge in [0.15, 0.2) is 6.10 Å². The number of phosphoric acid groups is 1. The van der Waals surface area contributed by atoms with Gasteiger partial charge in [-0.1, -0.05) is 114 Å². The van der Waals surface area contributed by atoms with Gasteiger partial charge in [0.25, 0.3) is 0 Å². The Kier molecular flexibility index (Phi) is 28.4. The molecule has 374 valence electrons. The lowest BCUT2D eigenvalue weighted by atomic mass is 9.85. The number of aliphatic hydroxyl groups is 5. The van der Waals surface area contributed by atoms with Gasteiger partial charge in [0.2, 0.25) is 0 Å². The molecule has 2 aliphatic carbocycles. The molecule has 18 heteroatoms. The fourth-order valence-corrected chi connectivity index (χ4v) is 9.17. The highest BCUT2D eigenvalue weighted by Crippen LogP contribution is 2.47. The summed E-state index contributed by atoms with van der Waals surface area (Å²) >= 11 is 0. The van der Waals surface area contributed by atoms with E-state index >= 15 is 0 Å². The number of carbonyl (C=O) groups excluding carboxylic acids is 2. The van der Waals surface area contributed by atoms with Crippen molar-refractivity contribution in [1.82, 2.24) is 0 Å². The molecule has 2 bridgehead atoms. The highest BCUT2D eigenvalue weighted by Gasteiger charge is 2.52. The summed E-state index contributed by atoms with van der Waals surface area (Å²) in [4.78, 5) is 51.6. The van der Waals surface area contributed by atoms with Crippen LogP contribution in [0.4, 0.5) is 0 Å². The van der Waals surface area contributed by atoms with Crippen molar-refractivity contribution in [3.05, 3.63) is 48.6 Å². The Labute approximate surface area is 385 Å². The number of allylic oxidation sites excluding steroid dienone is 5. The molecule has 1 heterocycles. The van der Waals surface area contributed by atoms with Gasteiger partial charge in [-0.25, -0.2) is 19.2 Å². The molecule has 17 nitrogen and oxygen atoms in total. The second kappa shape index (κ2) is 32.4. The van der Waals surface area contributed by atoms with Gasteiger partial charge in [0.05, 0.1) is 12.7 Å². The number of hydrogen-bond acceptors (Lipinski definition) is 16. The summed E-state index contributed by atoms with van der Waals surface area (Å²) in [7, 11) is -5.18. The van der Waals surface area contributed by atoms with Crippen molar-refractivity contribution in [3.8, 4) is 0 Å². The molecule has 7 N–H and O–H groups in total. The molecule has 0 aromatic heterocycles. The molecule has 0 amide bonds. The molecule has 0 spiro atoms. The van der Waals surface area contributed by atoms with Crippen LogP contribution in [-0.4, -0.2) is 122 Å².